The summed E-state index contributed by atoms with van der Waals surface area (Å²) in [7, 11) is -3.92. The van der Waals surface area contributed by atoms with Crippen LogP contribution in [-0.2, 0) is 10.0 Å². The molecule has 0 saturated heterocycles. The maximum atomic E-state index is 13.3. The summed E-state index contributed by atoms with van der Waals surface area (Å²) in [6.07, 6.45) is 1.26. The Labute approximate surface area is 189 Å². The van der Waals surface area contributed by atoms with Gasteiger partial charge >= 0.3 is 0 Å². The van der Waals surface area contributed by atoms with E-state index in [0.29, 0.717) is 10.9 Å². The number of hydrogen-bond acceptors (Lipinski definition) is 6. The third kappa shape index (κ3) is 4.38. The van der Waals surface area contributed by atoms with Gasteiger partial charge in [0.25, 0.3) is 21.8 Å². The van der Waals surface area contributed by atoms with Crippen LogP contribution < -0.4 is 10.9 Å². The minimum Gasteiger partial charge on any atom is -0.288 e. The molecule has 3 N–H and O–H groups in total. The Bertz CT molecular complexity index is 1460. The molecule has 4 rings (SSSR count). The molecule has 0 bridgehead atoms. The van der Waals surface area contributed by atoms with Gasteiger partial charge in [-0.1, -0.05) is 36.4 Å². The first-order chi connectivity index (χ1) is 15.9. The summed E-state index contributed by atoms with van der Waals surface area (Å²) in [5, 5.41) is 13.3. The minimum atomic E-state index is -3.92. The van der Waals surface area contributed by atoms with E-state index < -0.39 is 21.8 Å². The molecule has 0 aliphatic rings. The highest BCUT2D eigenvalue weighted by Crippen LogP contribution is 2.24. The number of nitrogens with one attached hydrogen (secondary N) is 2. The third-order valence-electron chi connectivity index (χ3n) is 4.85. The number of carbonyl (C=O) groups excluding carboxylic acids is 2. The molecule has 0 unspecified atom stereocenters. The van der Waals surface area contributed by atoms with Gasteiger partial charge in [-0.05, 0) is 48.5 Å². The second-order valence-electron chi connectivity index (χ2n) is 6.93. The molecule has 10 heteroatoms. The minimum absolute atomic E-state index is 0.122. The Morgan fingerprint density at radius 3 is 2.12 bits per heavy atom. The van der Waals surface area contributed by atoms with Crippen molar-refractivity contribution in [1.29, 1.82) is 0 Å². The summed E-state index contributed by atoms with van der Waals surface area (Å²) in [6, 6.07) is 22.2. The van der Waals surface area contributed by atoms with Crippen LogP contribution in [-0.4, -0.2) is 35.6 Å². The van der Waals surface area contributed by atoms with Gasteiger partial charge in [-0.15, -0.1) is 0 Å². The van der Waals surface area contributed by atoms with Crippen molar-refractivity contribution in [3.63, 3.8) is 0 Å². The summed E-state index contributed by atoms with van der Waals surface area (Å²) in [4.78, 5) is 23.9. The van der Waals surface area contributed by atoms with Crippen LogP contribution >= 0.6 is 0 Å². The van der Waals surface area contributed by atoms with Gasteiger partial charge in [0.15, 0.2) is 0 Å². The van der Waals surface area contributed by atoms with E-state index in [1.54, 1.807) is 48.5 Å². The summed E-state index contributed by atoms with van der Waals surface area (Å²) >= 11 is 0. The van der Waals surface area contributed by atoms with Gasteiger partial charge in [-0.25, -0.2) is 23.3 Å². The first kappa shape index (κ1) is 21.9. The molecule has 1 heterocycles. The number of aromatic nitrogens is 1. The normalized spacial score (nSPS) is 11.5. The second-order valence-corrected chi connectivity index (χ2v) is 8.71. The standard InChI is InChI=1S/C23H18N4O5S/c28-22(16-10-12-17(13-11-16)23(29)26-30)25-24-15-19-14-18-6-4-5-9-21(18)27(19)33(31,32)20-7-2-1-3-8-20/h1-15,30H,(H,25,28)(H,26,29)/b24-15+. The average molecular weight is 462 g/mol. The highest BCUT2D eigenvalue weighted by Gasteiger charge is 2.22. The van der Waals surface area contributed by atoms with Crippen molar-refractivity contribution in [2.24, 2.45) is 5.10 Å². The number of amides is 2. The summed E-state index contributed by atoms with van der Waals surface area (Å²) in [5.74, 6) is -1.26. The molecule has 0 aliphatic heterocycles. The highest BCUT2D eigenvalue weighted by molar-refractivity contribution is 7.90. The molecule has 0 spiro atoms. The highest BCUT2D eigenvalue weighted by atomic mass is 32.2. The van der Waals surface area contributed by atoms with Crippen molar-refractivity contribution >= 4 is 39.0 Å². The predicted octanol–water partition coefficient (Wildman–Crippen LogP) is 2.76. The van der Waals surface area contributed by atoms with Gasteiger partial charge in [0.05, 0.1) is 22.3 Å². The molecule has 3 aromatic carbocycles. The number of para-hydroxylation sites is 1. The summed E-state index contributed by atoms with van der Waals surface area (Å²) < 4.78 is 27.8. The van der Waals surface area contributed by atoms with Crippen LogP contribution in [0, 0.1) is 0 Å². The Morgan fingerprint density at radius 1 is 0.848 bits per heavy atom. The number of hydrazone groups is 1. The molecule has 33 heavy (non-hydrogen) atoms. The fourth-order valence-corrected chi connectivity index (χ4v) is 4.78. The SMILES string of the molecule is O=C(NO)c1ccc(C(=O)N/N=C/c2cc3ccccc3n2S(=O)(=O)c2ccccc2)cc1. The molecule has 0 atom stereocenters. The van der Waals surface area contributed by atoms with Crippen molar-refractivity contribution in [3.8, 4) is 0 Å². The zero-order chi connectivity index (χ0) is 23.4. The van der Waals surface area contributed by atoms with Gasteiger partial charge in [0.1, 0.15) is 0 Å². The predicted molar refractivity (Wildman–Crippen MR) is 122 cm³/mol. The zero-order valence-corrected chi connectivity index (χ0v) is 17.9. The van der Waals surface area contributed by atoms with Gasteiger partial charge in [0, 0.05) is 16.5 Å². The quantitative estimate of drug-likeness (QED) is 0.230. The fraction of sp³-hybridized carbons (Fsp3) is 0. The Morgan fingerprint density at radius 2 is 1.45 bits per heavy atom. The van der Waals surface area contributed by atoms with Crippen LogP contribution in [0.4, 0.5) is 0 Å². The van der Waals surface area contributed by atoms with Crippen LogP contribution in [0.5, 0.6) is 0 Å². The second kappa shape index (κ2) is 9.07. The monoisotopic (exact) mass is 462 g/mol. The number of carbonyl (C=O) groups is 2. The first-order valence-electron chi connectivity index (χ1n) is 9.71. The van der Waals surface area contributed by atoms with E-state index in [-0.39, 0.29) is 21.7 Å². The third-order valence-corrected chi connectivity index (χ3v) is 6.60. The number of hydroxylamine groups is 1. The van der Waals surface area contributed by atoms with Crippen LogP contribution in [0.15, 0.2) is 94.9 Å². The van der Waals surface area contributed by atoms with Crippen LogP contribution in [0.2, 0.25) is 0 Å². The lowest BCUT2D eigenvalue weighted by atomic mass is 10.1. The fourth-order valence-electron chi connectivity index (χ4n) is 3.27. The van der Waals surface area contributed by atoms with E-state index in [1.807, 2.05) is 0 Å². The molecule has 166 valence electrons. The van der Waals surface area contributed by atoms with Gasteiger partial charge in [-0.3, -0.25) is 14.8 Å². The Hall–Kier alpha value is -4.28. The number of rotatable bonds is 6. The van der Waals surface area contributed by atoms with Crippen LogP contribution in [0.3, 0.4) is 0 Å². The molecule has 1 aromatic heterocycles. The number of nitrogens with zero attached hydrogens (tertiary/aromatic N) is 2. The topological polar surface area (TPSA) is 130 Å². The van der Waals surface area contributed by atoms with E-state index in [0.717, 1.165) is 0 Å². The van der Waals surface area contributed by atoms with Crippen molar-refractivity contribution in [1.82, 2.24) is 14.9 Å². The Balaban J connectivity index is 1.63. The van der Waals surface area contributed by atoms with Crippen molar-refractivity contribution in [3.05, 3.63) is 102 Å². The molecule has 0 aliphatic carbocycles. The molecule has 0 fully saturated rings. The average Bonchev–Trinajstić information content (AvgIpc) is 3.23. The summed E-state index contributed by atoms with van der Waals surface area (Å²) in [6.45, 7) is 0. The summed E-state index contributed by atoms with van der Waals surface area (Å²) in [5.41, 5.74) is 4.99. The van der Waals surface area contributed by atoms with Crippen molar-refractivity contribution in [2.75, 3.05) is 0 Å². The van der Waals surface area contributed by atoms with Gasteiger partial charge in [-0.2, -0.15) is 5.10 Å². The smallest absolute Gasteiger partial charge is 0.274 e. The van der Waals surface area contributed by atoms with Crippen molar-refractivity contribution in [2.45, 2.75) is 4.90 Å². The first-order valence-corrected chi connectivity index (χ1v) is 11.1. The van der Waals surface area contributed by atoms with E-state index in [9.17, 15) is 18.0 Å². The largest absolute Gasteiger partial charge is 0.288 e. The molecular formula is C23H18N4O5S. The molecule has 0 radical (unpaired) electrons. The van der Waals surface area contributed by atoms with E-state index in [2.05, 4.69) is 10.5 Å². The Kier molecular flexibility index (Phi) is 6.03. The lowest BCUT2D eigenvalue weighted by Gasteiger charge is -2.10. The maximum absolute atomic E-state index is 13.3. The number of fused-ring (bicyclic) bond motifs is 1. The molecule has 2 amide bonds. The lowest BCUT2D eigenvalue weighted by Crippen LogP contribution is -2.20. The van der Waals surface area contributed by atoms with Gasteiger partial charge in [0.2, 0.25) is 0 Å². The molecule has 9 nitrogen and oxygen atoms in total. The van der Waals surface area contributed by atoms with Crippen LogP contribution in [0.1, 0.15) is 26.4 Å². The van der Waals surface area contributed by atoms with E-state index in [4.69, 9.17) is 5.21 Å². The lowest BCUT2D eigenvalue weighted by molar-refractivity contribution is 0.0706. The van der Waals surface area contributed by atoms with Gasteiger partial charge < -0.3 is 0 Å². The number of hydrogen-bond donors (Lipinski definition) is 3. The zero-order valence-electron chi connectivity index (χ0n) is 17.0. The van der Waals surface area contributed by atoms with E-state index in [1.165, 1.54) is 52.1 Å². The molecule has 4 aromatic rings. The molecular weight excluding hydrogens is 444 g/mol. The maximum Gasteiger partial charge on any atom is 0.274 e. The molecule has 0 saturated carbocycles. The van der Waals surface area contributed by atoms with E-state index >= 15 is 0 Å². The number of benzene rings is 3. The van der Waals surface area contributed by atoms with Crippen molar-refractivity contribution < 1.29 is 23.2 Å². The van der Waals surface area contributed by atoms with Crippen LogP contribution in [0.25, 0.3) is 10.9 Å².